The number of aromatic nitrogens is 2. The third-order valence-corrected chi connectivity index (χ3v) is 4.30. The van der Waals surface area contributed by atoms with E-state index in [9.17, 15) is 14.4 Å². The van der Waals surface area contributed by atoms with Crippen LogP contribution in [0.25, 0.3) is 0 Å². The number of H-pyrrole nitrogens is 1. The zero-order valence-electron chi connectivity index (χ0n) is 14.8. The van der Waals surface area contributed by atoms with Crippen molar-refractivity contribution >= 4 is 5.91 Å². The minimum atomic E-state index is -0.444. The van der Waals surface area contributed by atoms with Crippen molar-refractivity contribution in [2.75, 3.05) is 6.54 Å². The fourth-order valence-electron chi connectivity index (χ4n) is 2.97. The molecule has 2 N–H and O–H groups in total. The van der Waals surface area contributed by atoms with Gasteiger partial charge in [0.15, 0.2) is 0 Å². The number of nitrogens with zero attached hydrogens (tertiary/aromatic N) is 1. The Labute approximate surface area is 156 Å². The molecular weight excluding hydrogens is 342 g/mol. The molecule has 3 aromatic rings. The van der Waals surface area contributed by atoms with Crippen LogP contribution in [0.4, 0.5) is 0 Å². The predicted molar refractivity (Wildman–Crippen MR) is 104 cm³/mol. The van der Waals surface area contributed by atoms with Gasteiger partial charge in [-0.25, -0.2) is 4.79 Å². The molecule has 0 bridgehead atoms. The SMILES string of the molecule is O=C(NCCCn1ccc(=O)[nH]c1=O)C(c1ccccc1)c1ccccc1. The number of rotatable bonds is 7. The van der Waals surface area contributed by atoms with Crippen molar-refractivity contribution in [2.24, 2.45) is 0 Å². The summed E-state index contributed by atoms with van der Waals surface area (Å²) < 4.78 is 1.42. The maximum atomic E-state index is 12.8. The Morgan fingerprint density at radius 1 is 0.926 bits per heavy atom. The van der Waals surface area contributed by atoms with E-state index in [-0.39, 0.29) is 11.8 Å². The van der Waals surface area contributed by atoms with E-state index in [0.717, 1.165) is 11.1 Å². The topological polar surface area (TPSA) is 84.0 Å². The van der Waals surface area contributed by atoms with Crippen LogP contribution in [0.2, 0.25) is 0 Å². The summed E-state index contributed by atoms with van der Waals surface area (Å²) in [4.78, 5) is 37.8. The monoisotopic (exact) mass is 363 g/mol. The molecule has 1 amide bonds. The van der Waals surface area contributed by atoms with Crippen LogP contribution in [0.15, 0.2) is 82.5 Å². The van der Waals surface area contributed by atoms with Gasteiger partial charge in [0, 0.05) is 25.4 Å². The van der Waals surface area contributed by atoms with Gasteiger partial charge in [0.1, 0.15) is 0 Å². The van der Waals surface area contributed by atoms with Gasteiger partial charge in [0.2, 0.25) is 5.91 Å². The fourth-order valence-corrected chi connectivity index (χ4v) is 2.97. The summed E-state index contributed by atoms with van der Waals surface area (Å²) in [7, 11) is 0. The number of nitrogens with one attached hydrogen (secondary N) is 2. The maximum Gasteiger partial charge on any atom is 0.328 e. The van der Waals surface area contributed by atoms with Crippen LogP contribution in [0.5, 0.6) is 0 Å². The van der Waals surface area contributed by atoms with Gasteiger partial charge in [-0.05, 0) is 17.5 Å². The third kappa shape index (κ3) is 4.82. The molecule has 0 radical (unpaired) electrons. The Morgan fingerprint density at radius 2 is 1.52 bits per heavy atom. The molecule has 0 saturated heterocycles. The van der Waals surface area contributed by atoms with Gasteiger partial charge in [-0.1, -0.05) is 60.7 Å². The van der Waals surface area contributed by atoms with Crippen LogP contribution in [-0.4, -0.2) is 22.0 Å². The zero-order valence-corrected chi connectivity index (χ0v) is 14.8. The summed E-state index contributed by atoms with van der Waals surface area (Å²) >= 11 is 0. The van der Waals surface area contributed by atoms with Gasteiger partial charge in [-0.15, -0.1) is 0 Å². The van der Waals surface area contributed by atoms with E-state index in [2.05, 4.69) is 10.3 Å². The average molecular weight is 363 g/mol. The molecule has 0 fully saturated rings. The second kappa shape index (κ2) is 8.80. The lowest BCUT2D eigenvalue weighted by atomic mass is 9.90. The lowest BCUT2D eigenvalue weighted by molar-refractivity contribution is -0.121. The highest BCUT2D eigenvalue weighted by atomic mass is 16.2. The molecule has 0 aliphatic rings. The standard InChI is InChI=1S/C21H21N3O3/c25-18-12-15-24(21(27)23-18)14-7-13-22-20(26)19(16-8-3-1-4-9-16)17-10-5-2-6-11-17/h1-6,8-12,15,19H,7,13-14H2,(H,22,26)(H,23,25,27). The Kier molecular flexibility index (Phi) is 5.99. The molecule has 1 heterocycles. The first-order chi connectivity index (χ1) is 13.1. The van der Waals surface area contributed by atoms with Crippen molar-refractivity contribution in [3.05, 3.63) is 105 Å². The molecule has 6 heteroatoms. The molecule has 3 rings (SSSR count). The molecule has 138 valence electrons. The highest BCUT2D eigenvalue weighted by Gasteiger charge is 2.21. The normalized spacial score (nSPS) is 10.7. The van der Waals surface area contributed by atoms with E-state index in [1.807, 2.05) is 60.7 Å². The number of carbonyl (C=O) groups is 1. The van der Waals surface area contributed by atoms with Crippen LogP contribution >= 0.6 is 0 Å². The molecule has 0 aliphatic carbocycles. The highest BCUT2D eigenvalue weighted by Crippen LogP contribution is 2.24. The summed E-state index contributed by atoms with van der Waals surface area (Å²) in [6.45, 7) is 0.845. The van der Waals surface area contributed by atoms with Crippen molar-refractivity contribution in [3.63, 3.8) is 0 Å². The Bertz CT molecular complexity index is 955. The average Bonchev–Trinajstić information content (AvgIpc) is 2.68. The van der Waals surface area contributed by atoms with E-state index in [1.54, 1.807) is 0 Å². The first-order valence-electron chi connectivity index (χ1n) is 8.82. The number of benzene rings is 2. The number of aromatic amines is 1. The lowest BCUT2D eigenvalue weighted by Crippen LogP contribution is -2.33. The van der Waals surface area contributed by atoms with Crippen molar-refractivity contribution in [2.45, 2.75) is 18.9 Å². The van der Waals surface area contributed by atoms with Gasteiger partial charge in [0.05, 0.1) is 5.92 Å². The van der Waals surface area contributed by atoms with Crippen LogP contribution in [0.1, 0.15) is 23.5 Å². The first-order valence-corrected chi connectivity index (χ1v) is 8.82. The van der Waals surface area contributed by atoms with Gasteiger partial charge in [0.25, 0.3) is 5.56 Å². The van der Waals surface area contributed by atoms with E-state index in [0.29, 0.717) is 19.5 Å². The molecule has 0 spiro atoms. The van der Waals surface area contributed by atoms with E-state index in [1.165, 1.54) is 16.8 Å². The second-order valence-corrected chi connectivity index (χ2v) is 6.20. The van der Waals surface area contributed by atoms with Crippen LogP contribution < -0.4 is 16.6 Å². The van der Waals surface area contributed by atoms with E-state index in [4.69, 9.17) is 0 Å². The summed E-state index contributed by atoms with van der Waals surface area (Å²) in [5, 5.41) is 2.95. The molecule has 0 unspecified atom stereocenters. The quantitative estimate of drug-likeness (QED) is 0.629. The number of hydrogen-bond acceptors (Lipinski definition) is 3. The smallest absolute Gasteiger partial charge is 0.328 e. The first kappa shape index (κ1) is 18.4. The Hall–Kier alpha value is -3.41. The van der Waals surface area contributed by atoms with Crippen LogP contribution in [0.3, 0.4) is 0 Å². The number of aryl methyl sites for hydroxylation is 1. The molecule has 0 atom stereocenters. The van der Waals surface area contributed by atoms with Crippen molar-refractivity contribution in [1.82, 2.24) is 14.9 Å². The molecule has 0 aliphatic heterocycles. The van der Waals surface area contributed by atoms with Gasteiger partial charge >= 0.3 is 5.69 Å². The molecular formula is C21H21N3O3. The number of hydrogen-bond donors (Lipinski definition) is 2. The second-order valence-electron chi connectivity index (χ2n) is 6.20. The van der Waals surface area contributed by atoms with Crippen molar-refractivity contribution < 1.29 is 4.79 Å². The minimum absolute atomic E-state index is 0.0822. The van der Waals surface area contributed by atoms with E-state index < -0.39 is 11.2 Å². The summed E-state index contributed by atoms with van der Waals surface area (Å²) in [5.41, 5.74) is 0.995. The number of carbonyl (C=O) groups excluding carboxylic acids is 1. The van der Waals surface area contributed by atoms with Crippen LogP contribution in [0, 0.1) is 0 Å². The predicted octanol–water partition coefficient (Wildman–Crippen LogP) is 1.87. The molecule has 27 heavy (non-hydrogen) atoms. The Morgan fingerprint density at radius 3 is 2.07 bits per heavy atom. The van der Waals surface area contributed by atoms with Crippen molar-refractivity contribution in [3.8, 4) is 0 Å². The lowest BCUT2D eigenvalue weighted by Gasteiger charge is -2.18. The summed E-state index contributed by atoms with van der Waals surface area (Å²) in [6.07, 6.45) is 2.04. The number of amides is 1. The molecule has 1 aromatic heterocycles. The van der Waals surface area contributed by atoms with Crippen molar-refractivity contribution in [1.29, 1.82) is 0 Å². The van der Waals surface area contributed by atoms with Crippen LogP contribution in [-0.2, 0) is 11.3 Å². The largest absolute Gasteiger partial charge is 0.355 e. The van der Waals surface area contributed by atoms with Gasteiger partial charge in [-0.2, -0.15) is 0 Å². The molecule has 2 aromatic carbocycles. The molecule has 6 nitrogen and oxygen atoms in total. The maximum absolute atomic E-state index is 12.8. The van der Waals surface area contributed by atoms with Gasteiger partial charge in [-0.3, -0.25) is 14.6 Å². The third-order valence-electron chi connectivity index (χ3n) is 4.30. The summed E-state index contributed by atoms with van der Waals surface area (Å²) in [5.74, 6) is -0.468. The van der Waals surface area contributed by atoms with Gasteiger partial charge < -0.3 is 9.88 Å². The van der Waals surface area contributed by atoms with E-state index >= 15 is 0 Å². The molecule has 0 saturated carbocycles. The Balaban J connectivity index is 1.65. The zero-order chi connectivity index (χ0) is 19.1. The fraction of sp³-hybridized carbons (Fsp3) is 0.190. The minimum Gasteiger partial charge on any atom is -0.355 e. The highest BCUT2D eigenvalue weighted by molar-refractivity contribution is 5.87. The summed E-state index contributed by atoms with van der Waals surface area (Å²) in [6, 6.07) is 20.6.